The van der Waals surface area contributed by atoms with E-state index in [1.807, 2.05) is 11.8 Å². The molecule has 208 valence electrons. The maximum absolute atomic E-state index is 2.41. The highest BCUT2D eigenvalue weighted by Gasteiger charge is 2.21. The summed E-state index contributed by atoms with van der Waals surface area (Å²) >= 11 is 1.88. The van der Waals surface area contributed by atoms with Crippen molar-refractivity contribution < 1.29 is 0 Å². The molecule has 45 heavy (non-hydrogen) atoms. The number of benzene rings is 9. The second-order valence-corrected chi connectivity index (χ2v) is 13.2. The Labute approximate surface area is 265 Å². The van der Waals surface area contributed by atoms with Crippen LogP contribution < -0.4 is 0 Å². The molecule has 0 amide bonds. The van der Waals surface area contributed by atoms with E-state index in [2.05, 4.69) is 158 Å². The average Bonchev–Trinajstić information content (AvgIpc) is 3.11. The number of hydrogen-bond acceptors (Lipinski definition) is 1. The van der Waals surface area contributed by atoms with Gasteiger partial charge in [-0.05, 0) is 113 Å². The first kappa shape index (κ1) is 25.0. The summed E-state index contributed by atoms with van der Waals surface area (Å²) in [6, 6.07) is 58.6. The van der Waals surface area contributed by atoms with Gasteiger partial charge in [-0.1, -0.05) is 139 Å². The van der Waals surface area contributed by atoms with E-state index in [1.54, 1.807) is 0 Å². The van der Waals surface area contributed by atoms with Gasteiger partial charge in [-0.15, -0.1) is 0 Å². The molecule has 0 nitrogen and oxygen atoms in total. The number of hydrogen-bond donors (Lipinski definition) is 0. The molecule has 1 aliphatic rings. The highest BCUT2D eigenvalue weighted by Crippen LogP contribution is 2.50. The average molecular weight is 587 g/mol. The van der Waals surface area contributed by atoms with Crippen molar-refractivity contribution in [3.05, 3.63) is 158 Å². The molecule has 0 saturated carbocycles. The predicted molar refractivity (Wildman–Crippen MR) is 194 cm³/mol. The summed E-state index contributed by atoms with van der Waals surface area (Å²) in [5, 5.41) is 10.6. The Kier molecular flexibility index (Phi) is 5.31. The van der Waals surface area contributed by atoms with Gasteiger partial charge in [0.05, 0.1) is 0 Å². The van der Waals surface area contributed by atoms with Crippen LogP contribution in [0.15, 0.2) is 168 Å². The van der Waals surface area contributed by atoms with E-state index >= 15 is 0 Å². The van der Waals surface area contributed by atoms with Gasteiger partial charge in [0.2, 0.25) is 0 Å². The first-order valence-corrected chi connectivity index (χ1v) is 16.3. The van der Waals surface area contributed by atoms with Crippen molar-refractivity contribution in [3.8, 4) is 44.5 Å². The SMILES string of the molecule is c1ccc(-c2cc(-c3ccc4c5c(cccc35)-c3ccccc3S4)cc(-c3ccc4ccc5cccc6ccc3c4c56)c2)cc1. The topological polar surface area (TPSA) is 0 Å². The zero-order valence-electron chi connectivity index (χ0n) is 24.4. The van der Waals surface area contributed by atoms with Gasteiger partial charge in [-0.25, -0.2) is 0 Å². The lowest BCUT2D eigenvalue weighted by Gasteiger charge is -2.22. The lowest BCUT2D eigenvalue weighted by Crippen LogP contribution is -1.94. The molecule has 0 spiro atoms. The van der Waals surface area contributed by atoms with Crippen molar-refractivity contribution in [2.24, 2.45) is 0 Å². The summed E-state index contributed by atoms with van der Waals surface area (Å²) in [5.41, 5.74) is 10.1. The zero-order chi connectivity index (χ0) is 29.5. The number of fused-ring (bicyclic) bond motifs is 2. The second-order valence-electron chi connectivity index (χ2n) is 12.1. The van der Waals surface area contributed by atoms with Crippen LogP contribution >= 0.6 is 11.8 Å². The fourth-order valence-electron chi connectivity index (χ4n) is 7.56. The lowest BCUT2D eigenvalue weighted by molar-refractivity contribution is 1.40. The lowest BCUT2D eigenvalue weighted by atomic mass is 9.86. The molecule has 0 bridgehead atoms. The van der Waals surface area contributed by atoms with E-state index < -0.39 is 0 Å². The molecule has 10 rings (SSSR count). The summed E-state index contributed by atoms with van der Waals surface area (Å²) in [5.74, 6) is 0. The third-order valence-electron chi connectivity index (χ3n) is 9.59. The maximum atomic E-state index is 2.41. The molecule has 1 heteroatoms. The molecule has 0 N–H and O–H groups in total. The third-order valence-corrected chi connectivity index (χ3v) is 10.7. The van der Waals surface area contributed by atoms with Gasteiger partial charge in [-0.2, -0.15) is 0 Å². The van der Waals surface area contributed by atoms with E-state index in [0.717, 1.165) is 0 Å². The van der Waals surface area contributed by atoms with Gasteiger partial charge in [0, 0.05) is 15.2 Å². The first-order valence-electron chi connectivity index (χ1n) is 15.5. The molecule has 0 aromatic heterocycles. The van der Waals surface area contributed by atoms with Crippen molar-refractivity contribution in [2.45, 2.75) is 9.79 Å². The quantitative estimate of drug-likeness (QED) is 0.186. The fraction of sp³-hybridized carbons (Fsp3) is 0. The van der Waals surface area contributed by atoms with Crippen LogP contribution in [0.1, 0.15) is 0 Å². The molecule has 1 heterocycles. The van der Waals surface area contributed by atoms with E-state index in [9.17, 15) is 0 Å². The summed E-state index contributed by atoms with van der Waals surface area (Å²) in [6.07, 6.45) is 0. The van der Waals surface area contributed by atoms with Gasteiger partial charge in [0.1, 0.15) is 0 Å². The van der Waals surface area contributed by atoms with Gasteiger partial charge in [0.15, 0.2) is 0 Å². The van der Waals surface area contributed by atoms with Crippen LogP contribution in [0.25, 0.3) is 87.6 Å². The molecule has 0 radical (unpaired) electrons. The standard InChI is InChI=1S/C44H26S/c1-2-8-27(9-3-1)31-24-32(34-20-18-30-17-16-28-10-6-11-29-19-21-39(34)43(30)42(28)29)26-33(25-31)35-22-23-41-44-37(35)13-7-14-38(44)36-12-4-5-15-40(36)45-41/h1-26H. The Bertz CT molecular complexity index is 2600. The Morgan fingerprint density at radius 1 is 0.289 bits per heavy atom. The predicted octanol–water partition coefficient (Wildman–Crippen LogP) is 12.9. The van der Waals surface area contributed by atoms with Gasteiger partial charge in [0.25, 0.3) is 0 Å². The molecule has 0 atom stereocenters. The Morgan fingerprint density at radius 2 is 0.889 bits per heavy atom. The molecule has 0 saturated heterocycles. The van der Waals surface area contributed by atoms with Crippen LogP contribution in [-0.2, 0) is 0 Å². The Balaban J connectivity index is 1.26. The van der Waals surface area contributed by atoms with E-state index in [-0.39, 0.29) is 0 Å². The van der Waals surface area contributed by atoms with Crippen molar-refractivity contribution >= 4 is 54.9 Å². The molecule has 9 aromatic rings. The van der Waals surface area contributed by atoms with Crippen molar-refractivity contribution in [3.63, 3.8) is 0 Å². The zero-order valence-corrected chi connectivity index (χ0v) is 25.2. The molecule has 1 aliphatic heterocycles. The fourth-order valence-corrected chi connectivity index (χ4v) is 8.68. The number of rotatable bonds is 3. The second kappa shape index (κ2) is 9.56. The van der Waals surface area contributed by atoms with Gasteiger partial charge >= 0.3 is 0 Å². The molecule has 0 unspecified atom stereocenters. The van der Waals surface area contributed by atoms with Crippen molar-refractivity contribution in [1.82, 2.24) is 0 Å². The molecule has 9 aromatic carbocycles. The largest absolute Gasteiger partial charge is 0.0888 e. The van der Waals surface area contributed by atoms with Gasteiger partial charge < -0.3 is 0 Å². The summed E-state index contributed by atoms with van der Waals surface area (Å²) in [7, 11) is 0. The van der Waals surface area contributed by atoms with E-state index in [1.165, 1.54) is 97.4 Å². The first-order chi connectivity index (χ1) is 22.3. The summed E-state index contributed by atoms with van der Waals surface area (Å²) in [6.45, 7) is 0. The van der Waals surface area contributed by atoms with Crippen LogP contribution in [0.4, 0.5) is 0 Å². The van der Waals surface area contributed by atoms with Crippen LogP contribution in [0, 0.1) is 0 Å². The summed E-state index contributed by atoms with van der Waals surface area (Å²) in [4.78, 5) is 2.65. The highest BCUT2D eigenvalue weighted by molar-refractivity contribution is 7.99. The van der Waals surface area contributed by atoms with Crippen LogP contribution in [0.3, 0.4) is 0 Å². The van der Waals surface area contributed by atoms with E-state index in [4.69, 9.17) is 0 Å². The molecule has 0 aliphatic carbocycles. The summed E-state index contributed by atoms with van der Waals surface area (Å²) < 4.78 is 0. The third kappa shape index (κ3) is 3.75. The van der Waals surface area contributed by atoms with Crippen molar-refractivity contribution in [2.75, 3.05) is 0 Å². The highest BCUT2D eigenvalue weighted by atomic mass is 32.2. The molecule has 0 fully saturated rings. The smallest absolute Gasteiger partial charge is 0.0207 e. The van der Waals surface area contributed by atoms with Gasteiger partial charge in [-0.3, -0.25) is 0 Å². The minimum Gasteiger partial charge on any atom is -0.0888 e. The maximum Gasteiger partial charge on any atom is 0.0207 e. The Hall–Kier alpha value is -5.37. The molecular weight excluding hydrogens is 561 g/mol. The normalized spacial score (nSPS) is 12.4. The van der Waals surface area contributed by atoms with Crippen LogP contribution in [0.5, 0.6) is 0 Å². The van der Waals surface area contributed by atoms with Crippen LogP contribution in [-0.4, -0.2) is 0 Å². The minimum atomic E-state index is 1.23. The molecular formula is C44H26S. The monoisotopic (exact) mass is 586 g/mol. The Morgan fingerprint density at radius 3 is 1.71 bits per heavy atom. The minimum absolute atomic E-state index is 1.23. The van der Waals surface area contributed by atoms with Crippen molar-refractivity contribution in [1.29, 1.82) is 0 Å². The van der Waals surface area contributed by atoms with E-state index in [0.29, 0.717) is 0 Å². The van der Waals surface area contributed by atoms with Crippen LogP contribution in [0.2, 0.25) is 0 Å².